The Kier molecular flexibility index (Phi) is 4.97. The zero-order valence-corrected chi connectivity index (χ0v) is 15.1. The first-order valence-electron chi connectivity index (χ1n) is 7.47. The van der Waals surface area contributed by atoms with E-state index in [4.69, 9.17) is 16.1 Å². The molecule has 9 heteroatoms. The van der Waals surface area contributed by atoms with Gasteiger partial charge in [-0.3, -0.25) is 9.52 Å². The number of anilines is 2. The summed E-state index contributed by atoms with van der Waals surface area (Å²) >= 11 is 5.77. The summed E-state index contributed by atoms with van der Waals surface area (Å²) < 4.78 is 32.1. The van der Waals surface area contributed by atoms with Gasteiger partial charge >= 0.3 is 0 Å². The number of aryl methyl sites for hydroxylation is 1. The van der Waals surface area contributed by atoms with E-state index in [1.807, 2.05) is 0 Å². The Hall–Kier alpha value is -2.84. The monoisotopic (exact) mass is 391 g/mol. The van der Waals surface area contributed by atoms with E-state index in [-0.39, 0.29) is 22.0 Å². The van der Waals surface area contributed by atoms with Gasteiger partial charge in [0.1, 0.15) is 5.76 Å². The number of nitrogens with zero attached hydrogens (tertiary/aromatic N) is 1. The molecule has 1 heterocycles. The van der Waals surface area contributed by atoms with Crippen molar-refractivity contribution in [2.75, 3.05) is 10.0 Å². The maximum Gasteiger partial charge on any atom is 0.261 e. The number of hydrogen-bond acceptors (Lipinski definition) is 5. The molecule has 0 fully saturated rings. The van der Waals surface area contributed by atoms with Gasteiger partial charge in [-0.15, -0.1) is 0 Å². The first-order chi connectivity index (χ1) is 12.3. The van der Waals surface area contributed by atoms with Crippen LogP contribution in [0.3, 0.4) is 0 Å². The molecular weight excluding hydrogens is 378 g/mol. The molecule has 0 spiro atoms. The van der Waals surface area contributed by atoms with Gasteiger partial charge in [-0.1, -0.05) is 22.8 Å². The Balaban J connectivity index is 1.78. The molecule has 7 nitrogen and oxygen atoms in total. The number of rotatable bonds is 5. The number of amides is 1. The third-order valence-corrected chi connectivity index (χ3v) is 5.02. The number of nitrogens with one attached hydrogen (secondary N) is 2. The third kappa shape index (κ3) is 4.22. The second-order valence-electron chi connectivity index (χ2n) is 5.42. The highest BCUT2D eigenvalue weighted by Crippen LogP contribution is 2.19. The van der Waals surface area contributed by atoms with Gasteiger partial charge in [0.25, 0.3) is 15.9 Å². The third-order valence-electron chi connectivity index (χ3n) is 3.37. The largest absolute Gasteiger partial charge is 0.360 e. The molecule has 1 aromatic heterocycles. The van der Waals surface area contributed by atoms with Crippen LogP contribution in [0.2, 0.25) is 5.02 Å². The fraction of sp³-hybridized carbons (Fsp3) is 0.0588. The average molecular weight is 392 g/mol. The molecular formula is C17H14ClN3O4S. The number of benzene rings is 2. The summed E-state index contributed by atoms with van der Waals surface area (Å²) in [6.07, 6.45) is 0. The lowest BCUT2D eigenvalue weighted by Crippen LogP contribution is -2.15. The van der Waals surface area contributed by atoms with E-state index < -0.39 is 15.9 Å². The standard InChI is InChI=1S/C17H14ClN3O4S/c1-11-9-16(20-25-11)19-17(22)12-3-2-4-14(10-12)21-26(23,24)15-7-5-13(18)6-8-15/h2-10,21H,1H3,(H,19,20,22). The van der Waals surface area contributed by atoms with Gasteiger partial charge in [-0.05, 0) is 49.4 Å². The van der Waals surface area contributed by atoms with Crippen molar-refractivity contribution in [3.05, 3.63) is 70.9 Å². The minimum absolute atomic E-state index is 0.0647. The Bertz CT molecular complexity index is 1050. The topological polar surface area (TPSA) is 101 Å². The van der Waals surface area contributed by atoms with E-state index in [9.17, 15) is 13.2 Å². The van der Waals surface area contributed by atoms with Crippen molar-refractivity contribution < 1.29 is 17.7 Å². The molecule has 0 bridgehead atoms. The van der Waals surface area contributed by atoms with Crippen molar-refractivity contribution in [1.82, 2.24) is 5.16 Å². The van der Waals surface area contributed by atoms with Gasteiger partial charge in [-0.2, -0.15) is 0 Å². The van der Waals surface area contributed by atoms with Crippen molar-refractivity contribution in [3.8, 4) is 0 Å². The predicted molar refractivity (Wildman–Crippen MR) is 97.9 cm³/mol. The molecule has 0 aliphatic rings. The van der Waals surface area contributed by atoms with Gasteiger partial charge in [0.15, 0.2) is 5.82 Å². The van der Waals surface area contributed by atoms with Crippen LogP contribution in [0.4, 0.5) is 11.5 Å². The SMILES string of the molecule is Cc1cc(NC(=O)c2cccc(NS(=O)(=O)c3ccc(Cl)cc3)c2)no1. The molecule has 1 amide bonds. The van der Waals surface area contributed by atoms with Gasteiger partial charge in [-0.25, -0.2) is 8.42 Å². The normalized spacial score (nSPS) is 11.2. The van der Waals surface area contributed by atoms with E-state index in [0.29, 0.717) is 10.8 Å². The van der Waals surface area contributed by atoms with Gasteiger partial charge in [0, 0.05) is 22.3 Å². The molecule has 0 radical (unpaired) electrons. The molecule has 0 saturated heterocycles. The van der Waals surface area contributed by atoms with Crippen molar-refractivity contribution >= 4 is 39.0 Å². The Labute approximate surface area is 155 Å². The maximum absolute atomic E-state index is 12.4. The second-order valence-corrected chi connectivity index (χ2v) is 7.54. The quantitative estimate of drug-likeness (QED) is 0.690. The summed E-state index contributed by atoms with van der Waals surface area (Å²) in [4.78, 5) is 12.3. The van der Waals surface area contributed by atoms with E-state index in [1.165, 1.54) is 30.3 Å². The molecule has 3 aromatic rings. The number of carbonyl (C=O) groups is 1. The van der Waals surface area contributed by atoms with Crippen molar-refractivity contribution in [3.63, 3.8) is 0 Å². The van der Waals surface area contributed by atoms with Crippen LogP contribution in [0.25, 0.3) is 0 Å². The predicted octanol–water partition coefficient (Wildman–Crippen LogP) is 3.69. The van der Waals surface area contributed by atoms with Crippen molar-refractivity contribution in [2.45, 2.75) is 11.8 Å². The Morgan fingerprint density at radius 1 is 1.12 bits per heavy atom. The number of carbonyl (C=O) groups excluding carboxylic acids is 1. The van der Waals surface area contributed by atoms with Crippen LogP contribution in [-0.2, 0) is 10.0 Å². The first kappa shape index (κ1) is 18.0. The molecule has 2 aromatic carbocycles. The molecule has 0 unspecified atom stereocenters. The number of halogens is 1. The first-order valence-corrected chi connectivity index (χ1v) is 9.33. The van der Waals surface area contributed by atoms with Crippen molar-refractivity contribution in [2.24, 2.45) is 0 Å². The van der Waals surface area contributed by atoms with Gasteiger partial charge in [0.05, 0.1) is 4.90 Å². The van der Waals surface area contributed by atoms with Crippen LogP contribution in [0, 0.1) is 6.92 Å². The molecule has 0 saturated carbocycles. The number of aromatic nitrogens is 1. The van der Waals surface area contributed by atoms with Gasteiger partial charge in [0.2, 0.25) is 0 Å². The van der Waals surface area contributed by atoms with Gasteiger partial charge < -0.3 is 9.84 Å². The molecule has 134 valence electrons. The number of sulfonamides is 1. The maximum atomic E-state index is 12.4. The van der Waals surface area contributed by atoms with Crippen LogP contribution in [0.15, 0.2) is 64.0 Å². The molecule has 0 aliphatic carbocycles. The second kappa shape index (κ2) is 7.19. The van der Waals surface area contributed by atoms with E-state index in [2.05, 4.69) is 15.2 Å². The minimum atomic E-state index is -3.80. The summed E-state index contributed by atoms with van der Waals surface area (Å²) in [5.74, 6) is 0.398. The summed E-state index contributed by atoms with van der Waals surface area (Å²) in [5, 5.41) is 6.69. The highest BCUT2D eigenvalue weighted by Gasteiger charge is 2.15. The summed E-state index contributed by atoms with van der Waals surface area (Å²) in [6, 6.07) is 13.4. The molecule has 26 heavy (non-hydrogen) atoms. The summed E-state index contributed by atoms with van der Waals surface area (Å²) in [7, 11) is -3.80. The Morgan fingerprint density at radius 2 is 1.85 bits per heavy atom. The zero-order chi connectivity index (χ0) is 18.7. The molecule has 0 aliphatic heterocycles. The van der Waals surface area contributed by atoms with E-state index in [0.717, 1.165) is 0 Å². The van der Waals surface area contributed by atoms with E-state index in [1.54, 1.807) is 31.2 Å². The molecule has 2 N–H and O–H groups in total. The zero-order valence-electron chi connectivity index (χ0n) is 13.6. The minimum Gasteiger partial charge on any atom is -0.360 e. The highest BCUT2D eigenvalue weighted by atomic mass is 35.5. The summed E-state index contributed by atoms with van der Waals surface area (Å²) in [6.45, 7) is 1.70. The lowest BCUT2D eigenvalue weighted by Gasteiger charge is -2.09. The van der Waals surface area contributed by atoms with Crippen LogP contribution in [0.5, 0.6) is 0 Å². The lowest BCUT2D eigenvalue weighted by molar-refractivity contribution is 0.102. The smallest absolute Gasteiger partial charge is 0.261 e. The van der Waals surface area contributed by atoms with Crippen LogP contribution in [-0.4, -0.2) is 19.5 Å². The Morgan fingerprint density at radius 3 is 2.50 bits per heavy atom. The molecule has 3 rings (SSSR count). The fourth-order valence-corrected chi connectivity index (χ4v) is 3.34. The van der Waals surface area contributed by atoms with Crippen LogP contribution < -0.4 is 10.0 Å². The van der Waals surface area contributed by atoms with Crippen molar-refractivity contribution in [1.29, 1.82) is 0 Å². The average Bonchev–Trinajstić information content (AvgIpc) is 3.00. The van der Waals surface area contributed by atoms with Crippen LogP contribution in [0.1, 0.15) is 16.1 Å². The van der Waals surface area contributed by atoms with E-state index >= 15 is 0 Å². The molecule has 0 atom stereocenters. The highest BCUT2D eigenvalue weighted by molar-refractivity contribution is 7.92. The summed E-state index contributed by atoms with van der Waals surface area (Å²) in [5.41, 5.74) is 0.519. The van der Waals surface area contributed by atoms with Crippen LogP contribution >= 0.6 is 11.6 Å². The lowest BCUT2D eigenvalue weighted by atomic mass is 10.2. The number of hydrogen-bond donors (Lipinski definition) is 2. The fourth-order valence-electron chi connectivity index (χ4n) is 2.17.